The predicted octanol–water partition coefficient (Wildman–Crippen LogP) is 1.16. The summed E-state index contributed by atoms with van der Waals surface area (Å²) in [6.07, 6.45) is -2.99. The van der Waals surface area contributed by atoms with Gasteiger partial charge in [-0.2, -0.15) is 0 Å². The van der Waals surface area contributed by atoms with Gasteiger partial charge < -0.3 is 29.5 Å². The lowest BCUT2D eigenvalue weighted by Crippen LogP contribution is -2.59. The molecule has 0 amide bonds. The number of phenols is 1. The standard InChI is InChI=1S/C19H24O8/c1-8-7-11(9(2)13(20)12(8)18(24)25-5)27-15-10(3)14(21)16(22)19(4,26-6)17(15)23/h7,16-17,20,22-23H,1-6H3/t16-,17+,19-/m0/s1. The summed E-state index contributed by atoms with van der Waals surface area (Å²) in [5.41, 5.74) is -0.928. The number of benzene rings is 1. The van der Waals surface area contributed by atoms with Crippen LogP contribution in [-0.2, 0) is 14.3 Å². The molecule has 0 unspecified atom stereocenters. The Bertz CT molecular complexity index is 825. The van der Waals surface area contributed by atoms with Crippen molar-refractivity contribution in [2.75, 3.05) is 14.2 Å². The molecule has 0 aliphatic heterocycles. The molecule has 8 heteroatoms. The van der Waals surface area contributed by atoms with Crippen molar-refractivity contribution in [2.45, 2.75) is 45.5 Å². The molecule has 1 aliphatic rings. The zero-order valence-electron chi connectivity index (χ0n) is 16.1. The van der Waals surface area contributed by atoms with Gasteiger partial charge in [0.25, 0.3) is 0 Å². The maximum atomic E-state index is 12.4. The number of carbonyl (C=O) groups is 2. The molecule has 0 saturated carbocycles. The van der Waals surface area contributed by atoms with Crippen LogP contribution in [0.4, 0.5) is 0 Å². The van der Waals surface area contributed by atoms with E-state index in [2.05, 4.69) is 4.74 Å². The van der Waals surface area contributed by atoms with Gasteiger partial charge in [-0.3, -0.25) is 4.79 Å². The number of carbonyl (C=O) groups excluding carboxylic acids is 2. The fourth-order valence-electron chi connectivity index (χ4n) is 3.01. The summed E-state index contributed by atoms with van der Waals surface area (Å²) in [6.45, 7) is 5.93. The van der Waals surface area contributed by atoms with Crippen LogP contribution in [-0.4, -0.2) is 59.1 Å². The smallest absolute Gasteiger partial charge is 0.341 e. The molecule has 0 bridgehead atoms. The first-order chi connectivity index (χ1) is 12.5. The minimum atomic E-state index is -1.59. The maximum Gasteiger partial charge on any atom is 0.341 e. The molecule has 0 spiro atoms. The van der Waals surface area contributed by atoms with Gasteiger partial charge in [-0.05, 0) is 39.3 Å². The van der Waals surface area contributed by atoms with Crippen LogP contribution in [0.1, 0.15) is 35.3 Å². The largest absolute Gasteiger partial charge is 0.507 e. The third-order valence-corrected chi connectivity index (χ3v) is 5.07. The molecule has 1 aromatic rings. The number of aliphatic hydroxyl groups is 2. The number of Topliss-reactive ketones (excluding diaryl/α,β-unsaturated/α-hetero) is 1. The van der Waals surface area contributed by atoms with E-state index in [1.807, 2.05) is 0 Å². The highest BCUT2D eigenvalue weighted by atomic mass is 16.5. The number of esters is 1. The van der Waals surface area contributed by atoms with Crippen molar-refractivity contribution in [2.24, 2.45) is 0 Å². The molecule has 1 aromatic carbocycles. The van der Waals surface area contributed by atoms with Crippen molar-refractivity contribution in [3.63, 3.8) is 0 Å². The molecular formula is C19H24O8. The van der Waals surface area contributed by atoms with E-state index < -0.39 is 29.6 Å². The molecule has 0 aromatic heterocycles. The van der Waals surface area contributed by atoms with E-state index >= 15 is 0 Å². The lowest BCUT2D eigenvalue weighted by atomic mass is 9.80. The van der Waals surface area contributed by atoms with Crippen molar-refractivity contribution in [3.05, 3.63) is 34.1 Å². The van der Waals surface area contributed by atoms with Crippen molar-refractivity contribution in [1.82, 2.24) is 0 Å². The molecule has 2 rings (SSSR count). The third kappa shape index (κ3) is 3.20. The quantitative estimate of drug-likeness (QED) is 0.665. The van der Waals surface area contributed by atoms with E-state index in [1.54, 1.807) is 6.92 Å². The number of ether oxygens (including phenoxy) is 3. The van der Waals surface area contributed by atoms with Crippen LogP contribution in [0.3, 0.4) is 0 Å². The van der Waals surface area contributed by atoms with Crippen LogP contribution in [0, 0.1) is 13.8 Å². The first-order valence-electron chi connectivity index (χ1n) is 8.26. The number of ketones is 1. The minimum Gasteiger partial charge on any atom is -0.507 e. The number of aryl methyl sites for hydroxylation is 1. The zero-order valence-corrected chi connectivity index (χ0v) is 16.1. The number of aliphatic hydroxyl groups excluding tert-OH is 2. The summed E-state index contributed by atoms with van der Waals surface area (Å²) >= 11 is 0. The van der Waals surface area contributed by atoms with Gasteiger partial charge in [-0.15, -0.1) is 0 Å². The average molecular weight is 380 g/mol. The lowest BCUT2D eigenvalue weighted by Gasteiger charge is -2.41. The van der Waals surface area contributed by atoms with Gasteiger partial charge in [0.15, 0.2) is 5.78 Å². The molecule has 3 N–H and O–H groups in total. The summed E-state index contributed by atoms with van der Waals surface area (Å²) in [7, 11) is 2.47. The fourth-order valence-corrected chi connectivity index (χ4v) is 3.01. The molecule has 0 radical (unpaired) electrons. The second-order valence-electron chi connectivity index (χ2n) is 6.68. The van der Waals surface area contributed by atoms with Crippen LogP contribution >= 0.6 is 0 Å². The van der Waals surface area contributed by atoms with Crippen molar-refractivity contribution in [3.8, 4) is 11.5 Å². The van der Waals surface area contributed by atoms with Crippen LogP contribution < -0.4 is 4.74 Å². The van der Waals surface area contributed by atoms with Gasteiger partial charge in [0.1, 0.15) is 40.6 Å². The number of methoxy groups -OCH3 is 2. The van der Waals surface area contributed by atoms with Crippen molar-refractivity contribution in [1.29, 1.82) is 0 Å². The fraction of sp³-hybridized carbons (Fsp3) is 0.474. The predicted molar refractivity (Wildman–Crippen MR) is 94.7 cm³/mol. The highest BCUT2D eigenvalue weighted by Gasteiger charge is 2.52. The molecule has 0 saturated heterocycles. The van der Waals surface area contributed by atoms with Crippen molar-refractivity contribution < 1.29 is 39.1 Å². The number of phenolic OH excluding ortho intramolecular Hbond substituents is 1. The van der Waals surface area contributed by atoms with E-state index in [-0.39, 0.29) is 34.0 Å². The average Bonchev–Trinajstić information content (AvgIpc) is 2.65. The summed E-state index contributed by atoms with van der Waals surface area (Å²) in [5, 5.41) is 31.2. The Morgan fingerprint density at radius 3 is 2.26 bits per heavy atom. The summed E-state index contributed by atoms with van der Waals surface area (Å²) in [6, 6.07) is 1.49. The number of rotatable bonds is 4. The van der Waals surface area contributed by atoms with Crippen LogP contribution in [0.15, 0.2) is 17.4 Å². The zero-order chi connectivity index (χ0) is 20.7. The molecule has 3 atom stereocenters. The van der Waals surface area contributed by atoms with Crippen LogP contribution in [0.5, 0.6) is 11.5 Å². The highest BCUT2D eigenvalue weighted by Crippen LogP contribution is 2.39. The first-order valence-corrected chi connectivity index (χ1v) is 8.26. The normalized spacial score (nSPS) is 25.6. The van der Waals surface area contributed by atoms with Gasteiger partial charge in [-0.1, -0.05) is 0 Å². The Kier molecular flexibility index (Phi) is 5.65. The second kappa shape index (κ2) is 7.30. The number of aromatic hydroxyl groups is 1. The number of hydrogen-bond donors (Lipinski definition) is 3. The topological polar surface area (TPSA) is 123 Å². The Labute approximate surface area is 157 Å². The molecule has 0 heterocycles. The van der Waals surface area contributed by atoms with E-state index in [9.17, 15) is 24.9 Å². The van der Waals surface area contributed by atoms with Gasteiger partial charge in [-0.25, -0.2) is 4.79 Å². The Morgan fingerprint density at radius 2 is 1.74 bits per heavy atom. The molecule has 27 heavy (non-hydrogen) atoms. The van der Waals surface area contributed by atoms with E-state index in [0.717, 1.165) is 0 Å². The minimum absolute atomic E-state index is 0.00507. The lowest BCUT2D eigenvalue weighted by molar-refractivity contribution is -0.170. The first kappa shape index (κ1) is 20.9. The Hall–Kier alpha value is -2.42. The summed E-state index contributed by atoms with van der Waals surface area (Å²) in [5.74, 6) is -1.60. The molecule has 8 nitrogen and oxygen atoms in total. The molecule has 148 valence electrons. The molecule has 0 fully saturated rings. The van der Waals surface area contributed by atoms with Crippen LogP contribution in [0.2, 0.25) is 0 Å². The SMILES string of the molecule is COC(=O)c1c(C)cc(OC2=C(C)C(=O)[C@H](O)[C@](C)(OC)[C@@H]2O)c(C)c1O. The highest BCUT2D eigenvalue weighted by molar-refractivity contribution is 6.01. The van der Waals surface area contributed by atoms with E-state index in [1.165, 1.54) is 41.1 Å². The second-order valence-corrected chi connectivity index (χ2v) is 6.68. The van der Waals surface area contributed by atoms with Gasteiger partial charge in [0.05, 0.1) is 7.11 Å². The Balaban J connectivity index is 2.56. The Morgan fingerprint density at radius 1 is 1.15 bits per heavy atom. The number of hydrogen-bond acceptors (Lipinski definition) is 8. The van der Waals surface area contributed by atoms with Gasteiger partial charge in [0.2, 0.25) is 0 Å². The third-order valence-electron chi connectivity index (χ3n) is 5.07. The summed E-state index contributed by atoms with van der Waals surface area (Å²) < 4.78 is 15.6. The van der Waals surface area contributed by atoms with Gasteiger partial charge in [0, 0.05) is 18.2 Å². The van der Waals surface area contributed by atoms with Gasteiger partial charge >= 0.3 is 5.97 Å². The van der Waals surface area contributed by atoms with Crippen LogP contribution in [0.25, 0.3) is 0 Å². The maximum absolute atomic E-state index is 12.4. The van der Waals surface area contributed by atoms with E-state index in [0.29, 0.717) is 5.56 Å². The monoisotopic (exact) mass is 380 g/mol. The molecule has 1 aliphatic carbocycles. The van der Waals surface area contributed by atoms with E-state index in [4.69, 9.17) is 9.47 Å². The van der Waals surface area contributed by atoms with Crippen molar-refractivity contribution >= 4 is 11.8 Å². The molecular weight excluding hydrogens is 356 g/mol. The summed E-state index contributed by atoms with van der Waals surface area (Å²) in [4.78, 5) is 24.2.